The van der Waals surface area contributed by atoms with Crippen LogP contribution in [0, 0.1) is 6.92 Å². The van der Waals surface area contributed by atoms with Gasteiger partial charge in [0, 0.05) is 30.5 Å². The molecular formula is C19H24N2. The Morgan fingerprint density at radius 2 is 1.76 bits per heavy atom. The van der Waals surface area contributed by atoms with Crippen LogP contribution >= 0.6 is 0 Å². The van der Waals surface area contributed by atoms with Crippen molar-refractivity contribution in [1.29, 1.82) is 0 Å². The molecule has 0 bridgehead atoms. The van der Waals surface area contributed by atoms with Crippen LogP contribution in [0.15, 0.2) is 48.5 Å². The van der Waals surface area contributed by atoms with Crippen LogP contribution in [0.5, 0.6) is 0 Å². The van der Waals surface area contributed by atoms with Crippen LogP contribution in [0.2, 0.25) is 0 Å². The van der Waals surface area contributed by atoms with Gasteiger partial charge in [0.25, 0.3) is 0 Å². The zero-order valence-electron chi connectivity index (χ0n) is 13.0. The van der Waals surface area contributed by atoms with Crippen LogP contribution in [-0.4, -0.2) is 12.6 Å². The Morgan fingerprint density at radius 3 is 2.38 bits per heavy atom. The Bertz CT molecular complexity index is 585. The van der Waals surface area contributed by atoms with E-state index in [2.05, 4.69) is 72.6 Å². The summed E-state index contributed by atoms with van der Waals surface area (Å²) in [6.07, 6.45) is 2.68. The fourth-order valence-corrected chi connectivity index (χ4v) is 2.70. The molecule has 2 heteroatoms. The average molecular weight is 280 g/mol. The Morgan fingerprint density at radius 1 is 1.05 bits per heavy atom. The molecule has 2 nitrogen and oxygen atoms in total. The summed E-state index contributed by atoms with van der Waals surface area (Å²) in [4.78, 5) is 2.37. The van der Waals surface area contributed by atoms with Crippen molar-refractivity contribution in [2.24, 2.45) is 0 Å². The highest BCUT2D eigenvalue weighted by atomic mass is 15.1. The quantitative estimate of drug-likeness (QED) is 0.843. The summed E-state index contributed by atoms with van der Waals surface area (Å²) in [5, 5.41) is 3.56. The van der Waals surface area contributed by atoms with E-state index in [1.165, 1.54) is 35.3 Å². The van der Waals surface area contributed by atoms with E-state index in [0.717, 1.165) is 19.1 Å². The third-order valence-corrected chi connectivity index (χ3v) is 4.14. The Kier molecular flexibility index (Phi) is 4.26. The summed E-state index contributed by atoms with van der Waals surface area (Å²) in [6.45, 7) is 6.34. The number of anilines is 2. The van der Waals surface area contributed by atoms with Crippen molar-refractivity contribution in [3.63, 3.8) is 0 Å². The number of nitrogens with one attached hydrogen (secondary N) is 1. The van der Waals surface area contributed by atoms with Crippen LogP contribution < -0.4 is 10.2 Å². The average Bonchev–Trinajstić information content (AvgIpc) is 3.33. The minimum Gasteiger partial charge on any atom is -0.342 e. The monoisotopic (exact) mass is 280 g/mol. The van der Waals surface area contributed by atoms with Gasteiger partial charge in [0.1, 0.15) is 0 Å². The van der Waals surface area contributed by atoms with Gasteiger partial charge in [-0.3, -0.25) is 0 Å². The van der Waals surface area contributed by atoms with Crippen LogP contribution in [0.4, 0.5) is 11.4 Å². The van der Waals surface area contributed by atoms with Gasteiger partial charge in [-0.1, -0.05) is 30.3 Å². The van der Waals surface area contributed by atoms with Gasteiger partial charge < -0.3 is 10.2 Å². The number of hydrogen-bond acceptors (Lipinski definition) is 2. The lowest BCUT2D eigenvalue weighted by atomic mass is 10.1. The first kappa shape index (κ1) is 14.2. The van der Waals surface area contributed by atoms with Gasteiger partial charge in [-0.05, 0) is 56.0 Å². The number of hydrogen-bond donors (Lipinski definition) is 1. The van der Waals surface area contributed by atoms with Crippen LogP contribution in [0.25, 0.3) is 0 Å². The van der Waals surface area contributed by atoms with Gasteiger partial charge >= 0.3 is 0 Å². The first-order chi connectivity index (χ1) is 10.3. The van der Waals surface area contributed by atoms with Crippen molar-refractivity contribution in [2.75, 3.05) is 11.4 Å². The highest BCUT2D eigenvalue weighted by molar-refractivity contribution is 5.66. The second-order valence-corrected chi connectivity index (χ2v) is 5.85. The third kappa shape index (κ3) is 3.45. The summed E-state index contributed by atoms with van der Waals surface area (Å²) < 4.78 is 0. The van der Waals surface area contributed by atoms with E-state index in [-0.39, 0.29) is 0 Å². The van der Waals surface area contributed by atoms with Gasteiger partial charge in [0.2, 0.25) is 0 Å². The predicted molar refractivity (Wildman–Crippen MR) is 90.2 cm³/mol. The molecule has 0 atom stereocenters. The van der Waals surface area contributed by atoms with Crippen LogP contribution in [0.1, 0.15) is 30.9 Å². The molecule has 2 aromatic rings. The standard InChI is InChI=1S/C19H24N2/c1-3-21(19-7-5-4-6-15(19)2)18-12-8-16(9-13-18)14-20-17-10-11-17/h4-9,12-13,17,20H,3,10-11,14H2,1-2H3. The van der Waals surface area contributed by atoms with E-state index in [4.69, 9.17) is 0 Å². The lowest BCUT2D eigenvalue weighted by Gasteiger charge is -2.25. The molecule has 0 saturated heterocycles. The second kappa shape index (κ2) is 6.31. The number of benzene rings is 2. The molecule has 110 valence electrons. The summed E-state index contributed by atoms with van der Waals surface area (Å²) in [5.41, 5.74) is 5.25. The summed E-state index contributed by atoms with van der Waals surface area (Å²) in [6, 6.07) is 18.3. The lowest BCUT2D eigenvalue weighted by molar-refractivity contribution is 0.688. The van der Waals surface area contributed by atoms with Gasteiger partial charge in [-0.2, -0.15) is 0 Å². The largest absolute Gasteiger partial charge is 0.342 e. The maximum atomic E-state index is 3.56. The van der Waals surface area contributed by atoms with E-state index in [1.807, 2.05) is 0 Å². The zero-order chi connectivity index (χ0) is 14.7. The van der Waals surface area contributed by atoms with E-state index in [0.29, 0.717) is 0 Å². The summed E-state index contributed by atoms with van der Waals surface area (Å²) in [5.74, 6) is 0. The molecule has 0 aromatic heterocycles. The number of rotatable bonds is 6. The zero-order valence-corrected chi connectivity index (χ0v) is 13.0. The molecule has 1 saturated carbocycles. The number of para-hydroxylation sites is 1. The van der Waals surface area contributed by atoms with Crippen molar-refractivity contribution >= 4 is 11.4 Å². The minimum absolute atomic E-state index is 0.767. The minimum atomic E-state index is 0.767. The number of nitrogens with zero attached hydrogens (tertiary/aromatic N) is 1. The van der Waals surface area contributed by atoms with Crippen LogP contribution in [0.3, 0.4) is 0 Å². The van der Waals surface area contributed by atoms with E-state index in [9.17, 15) is 0 Å². The molecule has 21 heavy (non-hydrogen) atoms. The van der Waals surface area contributed by atoms with Crippen molar-refractivity contribution in [1.82, 2.24) is 5.32 Å². The van der Waals surface area contributed by atoms with Crippen molar-refractivity contribution in [3.8, 4) is 0 Å². The highest BCUT2D eigenvalue weighted by Crippen LogP contribution is 2.28. The molecule has 0 aliphatic heterocycles. The fraction of sp³-hybridized carbons (Fsp3) is 0.368. The van der Waals surface area contributed by atoms with Gasteiger partial charge in [0.05, 0.1) is 0 Å². The molecule has 1 N–H and O–H groups in total. The Hall–Kier alpha value is -1.80. The summed E-state index contributed by atoms with van der Waals surface area (Å²) >= 11 is 0. The summed E-state index contributed by atoms with van der Waals surface area (Å²) in [7, 11) is 0. The van der Waals surface area contributed by atoms with Crippen molar-refractivity contribution in [2.45, 2.75) is 39.3 Å². The van der Waals surface area contributed by atoms with Gasteiger partial charge in [-0.15, -0.1) is 0 Å². The molecule has 0 heterocycles. The van der Waals surface area contributed by atoms with E-state index < -0.39 is 0 Å². The van der Waals surface area contributed by atoms with E-state index in [1.54, 1.807) is 0 Å². The molecule has 0 radical (unpaired) electrons. The maximum absolute atomic E-state index is 3.56. The Balaban J connectivity index is 1.75. The molecule has 1 aliphatic rings. The second-order valence-electron chi connectivity index (χ2n) is 5.85. The molecule has 1 fully saturated rings. The lowest BCUT2D eigenvalue weighted by Crippen LogP contribution is -2.18. The molecule has 0 amide bonds. The molecule has 3 rings (SSSR count). The molecule has 0 spiro atoms. The Labute approximate surface area is 127 Å². The third-order valence-electron chi connectivity index (χ3n) is 4.14. The first-order valence-corrected chi connectivity index (χ1v) is 7.93. The number of aryl methyl sites for hydroxylation is 1. The molecule has 0 unspecified atom stereocenters. The predicted octanol–water partition coefficient (Wildman–Crippen LogP) is 4.41. The van der Waals surface area contributed by atoms with Crippen LogP contribution in [-0.2, 0) is 6.54 Å². The smallest absolute Gasteiger partial charge is 0.0440 e. The van der Waals surface area contributed by atoms with Crippen molar-refractivity contribution < 1.29 is 0 Å². The molecular weight excluding hydrogens is 256 g/mol. The molecule has 1 aliphatic carbocycles. The highest BCUT2D eigenvalue weighted by Gasteiger charge is 2.19. The fourth-order valence-electron chi connectivity index (χ4n) is 2.70. The van der Waals surface area contributed by atoms with E-state index >= 15 is 0 Å². The molecule has 2 aromatic carbocycles. The van der Waals surface area contributed by atoms with Gasteiger partial charge in [-0.25, -0.2) is 0 Å². The first-order valence-electron chi connectivity index (χ1n) is 7.93. The normalized spacial score (nSPS) is 14.2. The van der Waals surface area contributed by atoms with Crippen molar-refractivity contribution in [3.05, 3.63) is 59.7 Å². The van der Waals surface area contributed by atoms with Gasteiger partial charge in [0.15, 0.2) is 0 Å². The maximum Gasteiger partial charge on any atom is 0.0440 e. The SMILES string of the molecule is CCN(c1ccc(CNC2CC2)cc1)c1ccccc1C. The topological polar surface area (TPSA) is 15.3 Å².